The van der Waals surface area contributed by atoms with Gasteiger partial charge in [0.05, 0.1) is 18.7 Å². The Balaban J connectivity index is 1.17. The minimum atomic E-state index is -0.0613. The first kappa shape index (κ1) is 17.4. The minimum absolute atomic E-state index is 0.0613. The molecule has 1 saturated carbocycles. The third-order valence-corrected chi connectivity index (χ3v) is 6.03. The molecule has 2 aliphatic rings. The largest absolute Gasteiger partial charge is 0.464 e. The van der Waals surface area contributed by atoms with Crippen molar-refractivity contribution in [2.45, 2.75) is 44.6 Å². The highest BCUT2D eigenvalue weighted by molar-refractivity contribution is 5.95. The second kappa shape index (κ2) is 6.79. The lowest BCUT2D eigenvalue weighted by molar-refractivity contribution is -0.115. The summed E-state index contributed by atoms with van der Waals surface area (Å²) in [6.07, 6.45) is 7.66. The van der Waals surface area contributed by atoms with Gasteiger partial charge in [0.15, 0.2) is 5.82 Å². The van der Waals surface area contributed by atoms with E-state index in [-0.39, 0.29) is 12.3 Å². The third-order valence-electron chi connectivity index (χ3n) is 6.03. The molecule has 0 bridgehead atoms. The molecule has 0 aliphatic heterocycles. The number of rotatable bonds is 5. The van der Waals surface area contributed by atoms with Gasteiger partial charge in [-0.15, -0.1) is 5.10 Å². The SMILES string of the molecule is O=C(Cc1coc2cc3c(cc12)CCC3)Nc1ccc(-c2nnnn2C2CC2)cc1. The van der Waals surface area contributed by atoms with Gasteiger partial charge in [0.2, 0.25) is 5.91 Å². The lowest BCUT2D eigenvalue weighted by Crippen LogP contribution is -2.14. The number of fused-ring (bicyclic) bond motifs is 2. The molecule has 30 heavy (non-hydrogen) atoms. The van der Waals surface area contributed by atoms with Gasteiger partial charge in [-0.3, -0.25) is 4.79 Å². The normalized spacial score (nSPS) is 15.5. The van der Waals surface area contributed by atoms with Crippen molar-refractivity contribution in [2.24, 2.45) is 0 Å². The molecular weight excluding hydrogens is 378 g/mol. The summed E-state index contributed by atoms with van der Waals surface area (Å²) in [5.74, 6) is 0.710. The van der Waals surface area contributed by atoms with Crippen molar-refractivity contribution in [3.8, 4) is 11.4 Å². The van der Waals surface area contributed by atoms with Crippen LogP contribution in [0.25, 0.3) is 22.4 Å². The van der Waals surface area contributed by atoms with Crippen molar-refractivity contribution in [3.63, 3.8) is 0 Å². The van der Waals surface area contributed by atoms with E-state index < -0.39 is 0 Å². The van der Waals surface area contributed by atoms with E-state index in [1.807, 2.05) is 28.9 Å². The van der Waals surface area contributed by atoms with Gasteiger partial charge in [-0.25, -0.2) is 4.68 Å². The maximum absolute atomic E-state index is 12.6. The number of hydrogen-bond acceptors (Lipinski definition) is 5. The van der Waals surface area contributed by atoms with Crippen LogP contribution in [-0.2, 0) is 24.1 Å². The molecule has 1 fully saturated rings. The van der Waals surface area contributed by atoms with E-state index in [1.54, 1.807) is 6.26 Å². The quantitative estimate of drug-likeness (QED) is 0.546. The zero-order chi connectivity index (χ0) is 20.1. The average molecular weight is 399 g/mol. The number of carbonyl (C=O) groups is 1. The summed E-state index contributed by atoms with van der Waals surface area (Å²) in [4.78, 5) is 12.6. The zero-order valence-electron chi connectivity index (χ0n) is 16.5. The monoisotopic (exact) mass is 399 g/mol. The highest BCUT2D eigenvalue weighted by atomic mass is 16.3. The van der Waals surface area contributed by atoms with Crippen LogP contribution >= 0.6 is 0 Å². The summed E-state index contributed by atoms with van der Waals surface area (Å²) >= 11 is 0. The number of amides is 1. The summed E-state index contributed by atoms with van der Waals surface area (Å²) in [7, 11) is 0. The van der Waals surface area contributed by atoms with Crippen LogP contribution in [0.4, 0.5) is 5.69 Å². The van der Waals surface area contributed by atoms with Gasteiger partial charge in [-0.2, -0.15) is 0 Å². The van der Waals surface area contributed by atoms with E-state index in [4.69, 9.17) is 4.42 Å². The van der Waals surface area contributed by atoms with Crippen LogP contribution < -0.4 is 5.32 Å². The van der Waals surface area contributed by atoms with E-state index in [2.05, 4.69) is 33.0 Å². The molecule has 0 saturated heterocycles. The van der Waals surface area contributed by atoms with Crippen LogP contribution in [0.3, 0.4) is 0 Å². The fourth-order valence-electron chi connectivity index (χ4n) is 4.31. The summed E-state index contributed by atoms with van der Waals surface area (Å²) < 4.78 is 7.60. The Kier molecular flexibility index (Phi) is 3.94. The molecule has 1 amide bonds. The predicted octanol–water partition coefficient (Wildman–Crippen LogP) is 4.09. The molecule has 6 rings (SSSR count). The molecule has 2 aliphatic carbocycles. The molecule has 150 valence electrons. The first-order chi connectivity index (χ1) is 14.7. The number of aromatic nitrogens is 4. The van der Waals surface area contributed by atoms with Gasteiger partial charge >= 0.3 is 0 Å². The Bertz CT molecular complexity index is 1250. The van der Waals surface area contributed by atoms with Gasteiger partial charge in [0.25, 0.3) is 0 Å². The first-order valence-corrected chi connectivity index (χ1v) is 10.4. The molecular formula is C23H21N5O2. The fourth-order valence-corrected chi connectivity index (χ4v) is 4.31. The maximum atomic E-state index is 12.6. The molecule has 1 N–H and O–H groups in total. The van der Waals surface area contributed by atoms with E-state index in [9.17, 15) is 4.79 Å². The van der Waals surface area contributed by atoms with Crippen LogP contribution in [0.2, 0.25) is 0 Å². The van der Waals surface area contributed by atoms with Crippen LogP contribution in [0.15, 0.2) is 47.1 Å². The third kappa shape index (κ3) is 3.07. The number of nitrogens with one attached hydrogen (secondary N) is 1. The molecule has 2 heterocycles. The van der Waals surface area contributed by atoms with Crippen molar-refractivity contribution >= 4 is 22.6 Å². The molecule has 7 nitrogen and oxygen atoms in total. The van der Waals surface area contributed by atoms with Gasteiger partial charge in [0, 0.05) is 22.2 Å². The van der Waals surface area contributed by atoms with E-state index in [1.165, 1.54) is 17.5 Å². The number of hydrogen-bond donors (Lipinski definition) is 1. The molecule has 4 aromatic rings. The van der Waals surface area contributed by atoms with Crippen molar-refractivity contribution in [2.75, 3.05) is 5.32 Å². The number of aryl methyl sites for hydroxylation is 2. The van der Waals surface area contributed by atoms with E-state index in [0.29, 0.717) is 6.04 Å². The Hall–Kier alpha value is -3.48. The van der Waals surface area contributed by atoms with Gasteiger partial charge in [0.1, 0.15) is 5.58 Å². The smallest absolute Gasteiger partial charge is 0.228 e. The number of benzene rings is 2. The molecule has 7 heteroatoms. The number of tetrazole rings is 1. The number of nitrogens with zero attached hydrogens (tertiary/aromatic N) is 4. The van der Waals surface area contributed by atoms with Gasteiger partial charge in [-0.1, -0.05) is 0 Å². The lowest BCUT2D eigenvalue weighted by atomic mass is 10.0. The van der Waals surface area contributed by atoms with Crippen LogP contribution in [0.5, 0.6) is 0 Å². The van der Waals surface area contributed by atoms with E-state index in [0.717, 1.165) is 59.3 Å². The van der Waals surface area contributed by atoms with Crippen LogP contribution in [0.1, 0.15) is 42.0 Å². The minimum Gasteiger partial charge on any atom is -0.464 e. The van der Waals surface area contributed by atoms with Crippen LogP contribution in [-0.4, -0.2) is 26.1 Å². The molecule has 0 atom stereocenters. The van der Waals surface area contributed by atoms with Gasteiger partial charge < -0.3 is 9.73 Å². The molecule has 2 aromatic heterocycles. The summed E-state index contributed by atoms with van der Waals surface area (Å²) in [5, 5.41) is 16.1. The molecule has 0 radical (unpaired) electrons. The molecule has 0 spiro atoms. The Morgan fingerprint density at radius 1 is 1.13 bits per heavy atom. The Morgan fingerprint density at radius 3 is 2.73 bits per heavy atom. The van der Waals surface area contributed by atoms with Gasteiger partial charge in [-0.05, 0) is 90.1 Å². The fraction of sp³-hybridized carbons (Fsp3) is 0.304. The van der Waals surface area contributed by atoms with Crippen molar-refractivity contribution in [1.82, 2.24) is 20.2 Å². The van der Waals surface area contributed by atoms with Crippen LogP contribution in [0, 0.1) is 0 Å². The van der Waals surface area contributed by atoms with E-state index >= 15 is 0 Å². The lowest BCUT2D eigenvalue weighted by Gasteiger charge is -2.07. The molecule has 0 unspecified atom stereocenters. The molecule has 2 aromatic carbocycles. The number of carbonyl (C=O) groups excluding carboxylic acids is 1. The second-order valence-corrected chi connectivity index (χ2v) is 8.21. The summed E-state index contributed by atoms with van der Waals surface area (Å²) in [5.41, 5.74) is 6.26. The number of furan rings is 1. The van der Waals surface area contributed by atoms with Crippen molar-refractivity contribution < 1.29 is 9.21 Å². The highest BCUT2D eigenvalue weighted by Gasteiger charge is 2.28. The average Bonchev–Trinajstić information content (AvgIpc) is 3.13. The zero-order valence-corrected chi connectivity index (χ0v) is 16.5. The number of anilines is 1. The van der Waals surface area contributed by atoms with Crippen molar-refractivity contribution in [1.29, 1.82) is 0 Å². The summed E-state index contributed by atoms with van der Waals surface area (Å²) in [6, 6.07) is 12.4. The predicted molar refractivity (Wildman–Crippen MR) is 112 cm³/mol. The Labute approximate surface area is 173 Å². The standard InChI is InChI=1S/C23H21N5O2/c29-22(12-17-13-30-21-11-16-3-1-2-15(16)10-20(17)21)24-18-6-4-14(5-7-18)23-25-26-27-28(23)19-8-9-19/h4-7,10-11,13,19H,1-3,8-9,12H2,(H,24,29). The first-order valence-electron chi connectivity index (χ1n) is 10.4. The summed E-state index contributed by atoms with van der Waals surface area (Å²) in [6.45, 7) is 0. The van der Waals surface area contributed by atoms with Crippen molar-refractivity contribution in [3.05, 3.63) is 59.4 Å². The highest BCUT2D eigenvalue weighted by Crippen LogP contribution is 2.36. The maximum Gasteiger partial charge on any atom is 0.228 e. The Morgan fingerprint density at radius 2 is 1.93 bits per heavy atom. The topological polar surface area (TPSA) is 85.8 Å². The second-order valence-electron chi connectivity index (χ2n) is 8.21.